The zero-order valence-electron chi connectivity index (χ0n) is 16.3. The number of aliphatic carboxylic acids is 1. The van der Waals surface area contributed by atoms with Crippen LogP contribution in [0.1, 0.15) is 72.1 Å². The number of hydrogen-bond acceptors (Lipinski definition) is 2. The number of carboxylic acid groups (broad SMARTS) is 1. The number of amides is 1. The molecule has 0 aromatic carbocycles. The van der Waals surface area contributed by atoms with Crippen LogP contribution >= 0.6 is 0 Å². The third-order valence-electron chi connectivity index (χ3n) is 4.76. The van der Waals surface area contributed by atoms with Crippen LogP contribution in [0.4, 0.5) is 4.39 Å². The topological polar surface area (TPSA) is 57.6 Å². The second-order valence-corrected chi connectivity index (χ2v) is 7.43. The maximum absolute atomic E-state index is 14.5. The van der Waals surface area contributed by atoms with Crippen molar-refractivity contribution in [3.05, 3.63) is 12.2 Å². The summed E-state index contributed by atoms with van der Waals surface area (Å²) in [4.78, 5) is 24.4. The van der Waals surface area contributed by atoms with E-state index in [1.165, 1.54) is 6.92 Å². The zero-order valence-corrected chi connectivity index (χ0v) is 16.3. The lowest BCUT2D eigenvalue weighted by Crippen LogP contribution is -2.37. The lowest BCUT2D eigenvalue weighted by molar-refractivity contribution is -0.137. The van der Waals surface area contributed by atoms with Gasteiger partial charge in [0.05, 0.1) is 6.04 Å². The van der Waals surface area contributed by atoms with Crippen LogP contribution in [0.25, 0.3) is 0 Å². The number of carboxylic acids is 1. The molecule has 4 nitrogen and oxygen atoms in total. The SMILES string of the molecule is CC#CCC(C)C/C=C/C1CC(C)(F)C(=O)N1CCCCCCC(=O)O. The molecule has 0 aliphatic carbocycles. The number of likely N-dealkylation sites (tertiary alicyclic amines) is 1. The van der Waals surface area contributed by atoms with Gasteiger partial charge in [-0.2, -0.15) is 0 Å². The van der Waals surface area contributed by atoms with Crippen molar-refractivity contribution < 1.29 is 19.1 Å². The van der Waals surface area contributed by atoms with Crippen molar-refractivity contribution in [2.75, 3.05) is 6.54 Å². The fourth-order valence-corrected chi connectivity index (χ4v) is 3.22. The third kappa shape index (κ3) is 7.59. The number of carbonyl (C=O) groups excluding carboxylic acids is 1. The highest BCUT2D eigenvalue weighted by Crippen LogP contribution is 2.33. The molecule has 1 N–H and O–H groups in total. The summed E-state index contributed by atoms with van der Waals surface area (Å²) >= 11 is 0. The van der Waals surface area contributed by atoms with E-state index in [2.05, 4.69) is 18.8 Å². The molecule has 0 spiro atoms. The number of nitrogens with zero attached hydrogens (tertiary/aromatic N) is 1. The first kappa shape index (κ1) is 22.2. The molecule has 1 heterocycles. The van der Waals surface area contributed by atoms with Crippen molar-refractivity contribution in [2.45, 2.75) is 83.8 Å². The van der Waals surface area contributed by atoms with Gasteiger partial charge in [0.1, 0.15) is 0 Å². The molecule has 146 valence electrons. The molecule has 0 aromatic heterocycles. The summed E-state index contributed by atoms with van der Waals surface area (Å²) in [6.45, 7) is 5.84. The Hall–Kier alpha value is -1.83. The van der Waals surface area contributed by atoms with Crippen molar-refractivity contribution in [3.63, 3.8) is 0 Å². The van der Waals surface area contributed by atoms with Crippen LogP contribution in [0.15, 0.2) is 12.2 Å². The van der Waals surface area contributed by atoms with Gasteiger partial charge in [-0.25, -0.2) is 4.39 Å². The minimum atomic E-state index is -1.79. The number of allylic oxidation sites excluding steroid dienone is 1. The Labute approximate surface area is 156 Å². The van der Waals surface area contributed by atoms with Gasteiger partial charge in [0.2, 0.25) is 0 Å². The summed E-state index contributed by atoms with van der Waals surface area (Å²) < 4.78 is 14.5. The van der Waals surface area contributed by atoms with Crippen molar-refractivity contribution in [1.29, 1.82) is 0 Å². The number of hydrogen-bond donors (Lipinski definition) is 1. The molecule has 0 aromatic rings. The normalized spacial score (nSPS) is 23.9. The molecule has 1 amide bonds. The molecule has 1 aliphatic heterocycles. The summed E-state index contributed by atoms with van der Waals surface area (Å²) in [5.74, 6) is 5.18. The number of carbonyl (C=O) groups is 2. The van der Waals surface area contributed by atoms with Crippen LogP contribution < -0.4 is 0 Å². The number of unbranched alkanes of at least 4 members (excludes halogenated alkanes) is 3. The van der Waals surface area contributed by atoms with E-state index in [1.807, 2.05) is 19.1 Å². The van der Waals surface area contributed by atoms with E-state index in [0.717, 1.165) is 32.1 Å². The lowest BCUT2D eigenvalue weighted by Gasteiger charge is -2.22. The quantitative estimate of drug-likeness (QED) is 0.336. The van der Waals surface area contributed by atoms with E-state index in [-0.39, 0.29) is 18.9 Å². The average Bonchev–Trinajstić information content (AvgIpc) is 2.78. The van der Waals surface area contributed by atoms with E-state index in [9.17, 15) is 14.0 Å². The maximum Gasteiger partial charge on any atom is 0.303 e. The first-order chi connectivity index (χ1) is 12.3. The van der Waals surface area contributed by atoms with E-state index in [4.69, 9.17) is 5.11 Å². The molecule has 1 aliphatic rings. The molecule has 1 rings (SSSR count). The predicted octanol–water partition coefficient (Wildman–Crippen LogP) is 4.35. The van der Waals surface area contributed by atoms with Gasteiger partial charge >= 0.3 is 5.97 Å². The Balaban J connectivity index is 2.49. The Morgan fingerprint density at radius 1 is 1.42 bits per heavy atom. The van der Waals surface area contributed by atoms with Gasteiger partial charge in [-0.05, 0) is 39.0 Å². The van der Waals surface area contributed by atoms with E-state index < -0.39 is 17.5 Å². The monoisotopic (exact) mass is 365 g/mol. The minimum Gasteiger partial charge on any atom is -0.481 e. The third-order valence-corrected chi connectivity index (χ3v) is 4.76. The Morgan fingerprint density at radius 3 is 2.77 bits per heavy atom. The van der Waals surface area contributed by atoms with E-state index in [1.54, 1.807) is 4.90 Å². The maximum atomic E-state index is 14.5. The van der Waals surface area contributed by atoms with Gasteiger partial charge in [-0.15, -0.1) is 11.8 Å². The molecule has 26 heavy (non-hydrogen) atoms. The van der Waals surface area contributed by atoms with Crippen molar-refractivity contribution >= 4 is 11.9 Å². The number of alkyl halides is 1. The first-order valence-corrected chi connectivity index (χ1v) is 9.56. The smallest absolute Gasteiger partial charge is 0.303 e. The van der Waals surface area contributed by atoms with Crippen LogP contribution in [0, 0.1) is 17.8 Å². The van der Waals surface area contributed by atoms with Crippen LogP contribution in [-0.4, -0.2) is 40.1 Å². The highest BCUT2D eigenvalue weighted by molar-refractivity contribution is 5.87. The predicted molar refractivity (Wildman–Crippen MR) is 101 cm³/mol. The molecule has 0 bridgehead atoms. The van der Waals surface area contributed by atoms with Gasteiger partial charge < -0.3 is 10.0 Å². The second-order valence-electron chi connectivity index (χ2n) is 7.43. The van der Waals surface area contributed by atoms with Gasteiger partial charge in [0.25, 0.3) is 5.91 Å². The molecular weight excluding hydrogens is 333 g/mol. The minimum absolute atomic E-state index is 0.178. The van der Waals surface area contributed by atoms with Crippen LogP contribution in [0.5, 0.6) is 0 Å². The van der Waals surface area contributed by atoms with Gasteiger partial charge in [0.15, 0.2) is 5.67 Å². The standard InChI is InChI=1S/C21H32FNO3/c1-4-5-11-17(2)12-10-13-18-16-21(3,22)20(26)23(18)15-9-7-6-8-14-19(24)25/h10,13,17-18H,6-9,11-12,14-16H2,1-3H3,(H,24,25)/b13-10+. The van der Waals surface area contributed by atoms with Crippen molar-refractivity contribution in [2.24, 2.45) is 5.92 Å². The Kier molecular flexibility index (Phi) is 9.40. The van der Waals surface area contributed by atoms with Crippen LogP contribution in [0.2, 0.25) is 0 Å². The van der Waals surface area contributed by atoms with Crippen molar-refractivity contribution in [1.82, 2.24) is 4.90 Å². The van der Waals surface area contributed by atoms with Crippen LogP contribution in [-0.2, 0) is 9.59 Å². The molecular formula is C21H32FNO3. The molecule has 1 fully saturated rings. The lowest BCUT2D eigenvalue weighted by atomic mass is 10.0. The molecule has 1 saturated heterocycles. The highest BCUT2D eigenvalue weighted by atomic mass is 19.1. The zero-order chi connectivity index (χ0) is 19.6. The van der Waals surface area contributed by atoms with Crippen molar-refractivity contribution in [3.8, 4) is 11.8 Å². The first-order valence-electron chi connectivity index (χ1n) is 9.56. The largest absolute Gasteiger partial charge is 0.481 e. The second kappa shape index (κ2) is 11.0. The summed E-state index contributed by atoms with van der Waals surface area (Å²) in [6, 6.07) is -0.194. The van der Waals surface area contributed by atoms with E-state index in [0.29, 0.717) is 18.9 Å². The van der Waals surface area contributed by atoms with Gasteiger partial charge in [-0.3, -0.25) is 9.59 Å². The van der Waals surface area contributed by atoms with Crippen LogP contribution in [0.3, 0.4) is 0 Å². The highest BCUT2D eigenvalue weighted by Gasteiger charge is 2.47. The molecule has 5 heteroatoms. The summed E-state index contributed by atoms with van der Waals surface area (Å²) in [5, 5.41) is 8.63. The van der Waals surface area contributed by atoms with E-state index >= 15 is 0 Å². The molecule has 3 unspecified atom stereocenters. The van der Waals surface area contributed by atoms with Gasteiger partial charge in [0, 0.05) is 25.8 Å². The Bertz CT molecular complexity index is 559. The summed E-state index contributed by atoms with van der Waals surface area (Å²) in [5.41, 5.74) is -1.79. The molecule has 3 atom stereocenters. The molecule has 0 saturated carbocycles. The average molecular weight is 365 g/mol. The Morgan fingerprint density at radius 2 is 2.12 bits per heavy atom. The number of rotatable bonds is 11. The summed E-state index contributed by atoms with van der Waals surface area (Å²) in [6.07, 6.45) is 9.17. The molecule has 0 radical (unpaired) electrons. The summed E-state index contributed by atoms with van der Waals surface area (Å²) in [7, 11) is 0. The number of halogens is 1. The van der Waals surface area contributed by atoms with Gasteiger partial charge in [-0.1, -0.05) is 31.9 Å². The fraction of sp³-hybridized carbons (Fsp3) is 0.714. The fourth-order valence-electron chi connectivity index (χ4n) is 3.22.